The molecular formula is C26H22ClN3O6S. The van der Waals surface area contributed by atoms with E-state index in [1.165, 1.54) is 19.2 Å². The van der Waals surface area contributed by atoms with Crippen molar-refractivity contribution in [2.45, 2.75) is 18.2 Å². The molecule has 0 unspecified atom stereocenters. The lowest BCUT2D eigenvalue weighted by molar-refractivity contribution is 0.102. The van der Waals surface area contributed by atoms with E-state index in [1.807, 2.05) is 0 Å². The van der Waals surface area contributed by atoms with Crippen LogP contribution in [0, 0.1) is 0 Å². The van der Waals surface area contributed by atoms with Gasteiger partial charge in [0.25, 0.3) is 16.0 Å². The molecule has 4 aromatic rings. The summed E-state index contributed by atoms with van der Waals surface area (Å²) in [6.07, 6.45) is 0.308. The zero-order valence-corrected chi connectivity index (χ0v) is 21.3. The minimum absolute atomic E-state index is 0.0158. The summed E-state index contributed by atoms with van der Waals surface area (Å²) in [5, 5.41) is 23.2. The molecule has 3 N–H and O–H groups in total. The summed E-state index contributed by atoms with van der Waals surface area (Å²) in [5.74, 6) is -0.476. The number of hydrogen-bond donors (Lipinski definition) is 3. The zero-order chi connectivity index (χ0) is 26.7. The third kappa shape index (κ3) is 5.56. The number of ether oxygens (including phenoxy) is 1. The van der Waals surface area contributed by atoms with E-state index in [0.29, 0.717) is 34.2 Å². The van der Waals surface area contributed by atoms with E-state index < -0.39 is 21.8 Å². The van der Waals surface area contributed by atoms with Crippen molar-refractivity contribution in [2.75, 3.05) is 12.4 Å². The Hall–Kier alpha value is -3.99. The van der Waals surface area contributed by atoms with E-state index >= 15 is 0 Å². The Kier molecular flexibility index (Phi) is 7.44. The third-order valence-corrected chi connectivity index (χ3v) is 6.85. The van der Waals surface area contributed by atoms with Gasteiger partial charge in [0.1, 0.15) is 17.1 Å². The number of anilines is 1. The summed E-state index contributed by atoms with van der Waals surface area (Å²) in [5.41, 5.74) is 0.664. The number of rotatable bonds is 7. The lowest BCUT2D eigenvalue weighted by Crippen LogP contribution is -2.12. The fourth-order valence-electron chi connectivity index (χ4n) is 3.77. The van der Waals surface area contributed by atoms with Crippen LogP contribution in [0.25, 0.3) is 10.8 Å². The lowest BCUT2D eigenvalue weighted by atomic mass is 10.0. The van der Waals surface area contributed by atoms with Gasteiger partial charge in [0, 0.05) is 17.1 Å². The van der Waals surface area contributed by atoms with Crippen LogP contribution in [0.3, 0.4) is 0 Å². The summed E-state index contributed by atoms with van der Waals surface area (Å²) in [6, 6.07) is 17.7. The number of carbonyl (C=O) groups is 1. The van der Waals surface area contributed by atoms with Gasteiger partial charge in [-0.1, -0.05) is 48.9 Å². The number of nitrogens with zero attached hydrogens (tertiary/aromatic N) is 2. The van der Waals surface area contributed by atoms with Crippen molar-refractivity contribution >= 4 is 55.5 Å². The maximum Gasteiger partial charge on any atom is 0.294 e. The van der Waals surface area contributed by atoms with Crippen LogP contribution in [-0.2, 0) is 16.5 Å². The molecule has 4 rings (SSSR count). The largest absolute Gasteiger partial charge is 0.505 e. The Morgan fingerprint density at radius 3 is 2.51 bits per heavy atom. The highest BCUT2D eigenvalue weighted by atomic mass is 35.5. The van der Waals surface area contributed by atoms with E-state index in [-0.39, 0.29) is 26.9 Å². The first kappa shape index (κ1) is 26.1. The highest BCUT2D eigenvalue weighted by Gasteiger charge is 2.20. The van der Waals surface area contributed by atoms with Crippen LogP contribution in [-0.4, -0.2) is 31.1 Å². The topological polar surface area (TPSA) is 138 Å². The predicted molar refractivity (Wildman–Crippen MR) is 141 cm³/mol. The summed E-state index contributed by atoms with van der Waals surface area (Å²) in [7, 11) is -3.03. The number of aromatic hydroxyl groups is 1. The fourth-order valence-corrected chi connectivity index (χ4v) is 4.79. The van der Waals surface area contributed by atoms with Crippen LogP contribution in [0.15, 0.2) is 81.9 Å². The number of methoxy groups -OCH3 is 1. The van der Waals surface area contributed by atoms with Crippen molar-refractivity contribution in [2.24, 2.45) is 10.2 Å². The van der Waals surface area contributed by atoms with Crippen LogP contribution in [0.5, 0.6) is 11.5 Å². The van der Waals surface area contributed by atoms with E-state index in [4.69, 9.17) is 16.3 Å². The van der Waals surface area contributed by atoms with Crippen molar-refractivity contribution in [1.29, 1.82) is 0 Å². The molecule has 1 amide bonds. The average Bonchev–Trinajstić information content (AvgIpc) is 2.87. The van der Waals surface area contributed by atoms with Gasteiger partial charge in [0.2, 0.25) is 0 Å². The van der Waals surface area contributed by atoms with Gasteiger partial charge in [-0.2, -0.15) is 8.42 Å². The number of nitrogens with one attached hydrogen (secondary N) is 1. The first-order valence-electron chi connectivity index (χ1n) is 11.0. The Balaban J connectivity index is 1.80. The van der Waals surface area contributed by atoms with Crippen molar-refractivity contribution in [3.05, 3.63) is 82.9 Å². The monoisotopic (exact) mass is 539 g/mol. The normalized spacial score (nSPS) is 11.7. The number of hydrogen-bond acceptors (Lipinski definition) is 7. The van der Waals surface area contributed by atoms with Gasteiger partial charge in [-0.05, 0) is 47.7 Å². The molecule has 0 fully saturated rings. The minimum atomic E-state index is -4.53. The predicted octanol–water partition coefficient (Wildman–Crippen LogP) is 6.68. The SMILES string of the molecule is CCc1cc(Cl)c(N=Nc2c(O)c(C(=O)Nc3cccc(OC)c3)cc3ccccc23)cc1S(=O)(=O)O. The van der Waals surface area contributed by atoms with Crippen LogP contribution in [0.1, 0.15) is 22.8 Å². The number of benzene rings is 4. The molecule has 11 heteroatoms. The molecule has 0 radical (unpaired) electrons. The van der Waals surface area contributed by atoms with E-state index in [9.17, 15) is 22.9 Å². The minimum Gasteiger partial charge on any atom is -0.505 e. The molecule has 190 valence electrons. The molecule has 0 bridgehead atoms. The molecule has 0 spiro atoms. The van der Waals surface area contributed by atoms with Gasteiger partial charge in [-0.3, -0.25) is 9.35 Å². The summed E-state index contributed by atoms with van der Waals surface area (Å²) in [6.45, 7) is 1.72. The fraction of sp³-hybridized carbons (Fsp3) is 0.115. The second-order valence-electron chi connectivity index (χ2n) is 7.97. The highest BCUT2D eigenvalue weighted by Crippen LogP contribution is 2.41. The van der Waals surface area contributed by atoms with Crippen molar-refractivity contribution in [1.82, 2.24) is 0 Å². The van der Waals surface area contributed by atoms with E-state index in [1.54, 1.807) is 55.5 Å². The standard InChI is InChI=1S/C26H22ClN3O6S/c1-3-15-12-21(27)22(14-23(15)37(33,34)35)29-30-24-19-10-5-4-7-16(19)11-20(25(24)31)26(32)28-17-8-6-9-18(13-17)36-2/h4-14,31H,3H2,1-2H3,(H,28,32)(H,33,34,35). The summed E-state index contributed by atoms with van der Waals surface area (Å²) in [4.78, 5) is 12.7. The lowest BCUT2D eigenvalue weighted by Gasteiger charge is -2.12. The van der Waals surface area contributed by atoms with Gasteiger partial charge in [-0.15, -0.1) is 10.2 Å². The second-order valence-corrected chi connectivity index (χ2v) is 9.77. The molecule has 0 heterocycles. The third-order valence-electron chi connectivity index (χ3n) is 5.61. The summed E-state index contributed by atoms with van der Waals surface area (Å²) < 4.78 is 38.5. The maximum absolute atomic E-state index is 13.1. The Morgan fingerprint density at radius 1 is 1.05 bits per heavy atom. The van der Waals surface area contributed by atoms with Crippen LogP contribution >= 0.6 is 11.6 Å². The molecule has 0 atom stereocenters. The first-order valence-corrected chi connectivity index (χ1v) is 12.9. The highest BCUT2D eigenvalue weighted by molar-refractivity contribution is 7.85. The van der Waals surface area contributed by atoms with Crippen molar-refractivity contribution in [3.63, 3.8) is 0 Å². The zero-order valence-electron chi connectivity index (χ0n) is 19.8. The van der Waals surface area contributed by atoms with Gasteiger partial charge in [0.15, 0.2) is 5.75 Å². The number of halogens is 1. The van der Waals surface area contributed by atoms with E-state index in [0.717, 1.165) is 6.07 Å². The number of phenols is 1. The Labute approximate surface area is 218 Å². The number of azo groups is 1. The van der Waals surface area contributed by atoms with Crippen molar-refractivity contribution in [3.8, 4) is 11.5 Å². The smallest absolute Gasteiger partial charge is 0.294 e. The molecule has 9 nitrogen and oxygen atoms in total. The van der Waals surface area contributed by atoms with Crippen LogP contribution in [0.4, 0.5) is 17.1 Å². The van der Waals surface area contributed by atoms with Crippen LogP contribution < -0.4 is 10.1 Å². The van der Waals surface area contributed by atoms with E-state index in [2.05, 4.69) is 15.5 Å². The number of fused-ring (bicyclic) bond motifs is 1. The molecule has 0 aliphatic carbocycles. The van der Waals surface area contributed by atoms with Crippen LogP contribution in [0.2, 0.25) is 5.02 Å². The molecule has 0 aromatic heterocycles. The number of amides is 1. The molecule has 4 aromatic carbocycles. The average molecular weight is 540 g/mol. The van der Waals surface area contributed by atoms with Gasteiger partial charge in [-0.25, -0.2) is 0 Å². The van der Waals surface area contributed by atoms with Crippen molar-refractivity contribution < 1.29 is 27.6 Å². The Bertz CT molecular complexity index is 1650. The first-order chi connectivity index (χ1) is 17.6. The molecule has 0 saturated heterocycles. The molecular weight excluding hydrogens is 518 g/mol. The molecule has 37 heavy (non-hydrogen) atoms. The van der Waals surface area contributed by atoms with Gasteiger partial charge >= 0.3 is 0 Å². The second kappa shape index (κ2) is 10.6. The molecule has 0 saturated carbocycles. The quantitative estimate of drug-likeness (QED) is 0.177. The number of carbonyl (C=O) groups excluding carboxylic acids is 1. The number of phenolic OH excluding ortho intramolecular Hbond substituents is 1. The molecule has 0 aliphatic heterocycles. The van der Waals surface area contributed by atoms with Gasteiger partial charge in [0.05, 0.1) is 22.6 Å². The number of aryl methyl sites for hydroxylation is 1. The summed E-state index contributed by atoms with van der Waals surface area (Å²) >= 11 is 6.28. The molecule has 0 aliphatic rings. The maximum atomic E-state index is 13.1. The van der Waals surface area contributed by atoms with Gasteiger partial charge < -0.3 is 15.2 Å². The Morgan fingerprint density at radius 2 is 1.81 bits per heavy atom.